The fourth-order valence-corrected chi connectivity index (χ4v) is 3.53. The highest BCUT2D eigenvalue weighted by Crippen LogP contribution is 2.34. The SMILES string of the molecule is COC(=O)c1cc(OC)c(OC)cc1NC(=O)N1Cc2ccccc2C[C@H]1C(=O)OC. The summed E-state index contributed by atoms with van der Waals surface area (Å²) in [5.74, 6) is -0.561. The summed E-state index contributed by atoms with van der Waals surface area (Å²) < 4.78 is 20.2. The minimum Gasteiger partial charge on any atom is -0.493 e. The minimum atomic E-state index is -0.804. The normalized spacial score (nSPS) is 14.8. The summed E-state index contributed by atoms with van der Waals surface area (Å²) in [6, 6.07) is 9.09. The molecule has 1 aliphatic heterocycles. The number of carbonyl (C=O) groups excluding carboxylic acids is 3. The van der Waals surface area contributed by atoms with Gasteiger partial charge in [0.25, 0.3) is 0 Å². The Bertz CT molecular complexity index is 1010. The zero-order valence-corrected chi connectivity index (χ0v) is 17.8. The van der Waals surface area contributed by atoms with Crippen LogP contribution in [0.5, 0.6) is 11.5 Å². The number of methoxy groups -OCH3 is 4. The van der Waals surface area contributed by atoms with Crippen LogP contribution in [-0.2, 0) is 27.2 Å². The van der Waals surface area contributed by atoms with Crippen LogP contribution < -0.4 is 14.8 Å². The summed E-state index contributed by atoms with van der Waals surface area (Å²) in [7, 11) is 5.39. The lowest BCUT2D eigenvalue weighted by Gasteiger charge is -2.35. The molecule has 0 aliphatic carbocycles. The quantitative estimate of drug-likeness (QED) is 0.730. The molecule has 1 heterocycles. The van der Waals surface area contributed by atoms with Crippen LogP contribution in [0.4, 0.5) is 10.5 Å². The van der Waals surface area contributed by atoms with Crippen LogP contribution in [0.1, 0.15) is 21.5 Å². The van der Waals surface area contributed by atoms with Gasteiger partial charge in [0.2, 0.25) is 0 Å². The van der Waals surface area contributed by atoms with Crippen molar-refractivity contribution >= 4 is 23.7 Å². The van der Waals surface area contributed by atoms with Gasteiger partial charge in [-0.3, -0.25) is 0 Å². The molecule has 0 saturated heterocycles. The number of benzene rings is 2. The van der Waals surface area contributed by atoms with Gasteiger partial charge in [-0.2, -0.15) is 0 Å². The molecule has 3 rings (SSSR count). The molecule has 0 radical (unpaired) electrons. The van der Waals surface area contributed by atoms with Crippen LogP contribution in [0.2, 0.25) is 0 Å². The number of urea groups is 1. The van der Waals surface area contributed by atoms with E-state index in [1.54, 1.807) is 0 Å². The van der Waals surface area contributed by atoms with Crippen LogP contribution in [0.3, 0.4) is 0 Å². The lowest BCUT2D eigenvalue weighted by atomic mass is 9.94. The largest absolute Gasteiger partial charge is 0.493 e. The summed E-state index contributed by atoms with van der Waals surface area (Å²) >= 11 is 0. The third-order valence-corrected chi connectivity index (χ3v) is 5.15. The van der Waals surface area contributed by atoms with Crippen molar-refractivity contribution in [3.63, 3.8) is 0 Å². The molecule has 2 aromatic rings. The van der Waals surface area contributed by atoms with Gasteiger partial charge >= 0.3 is 18.0 Å². The van der Waals surface area contributed by atoms with E-state index in [1.165, 1.54) is 45.5 Å². The maximum atomic E-state index is 13.2. The van der Waals surface area contributed by atoms with E-state index in [-0.39, 0.29) is 17.8 Å². The molecule has 0 spiro atoms. The number of nitrogens with one attached hydrogen (secondary N) is 1. The van der Waals surface area contributed by atoms with Gasteiger partial charge in [-0.05, 0) is 11.1 Å². The lowest BCUT2D eigenvalue weighted by molar-refractivity contribution is -0.146. The van der Waals surface area contributed by atoms with E-state index in [1.807, 2.05) is 24.3 Å². The summed E-state index contributed by atoms with van der Waals surface area (Å²) in [4.78, 5) is 39.3. The minimum absolute atomic E-state index is 0.0838. The smallest absolute Gasteiger partial charge is 0.340 e. The number of esters is 2. The van der Waals surface area contributed by atoms with Crippen molar-refractivity contribution in [3.8, 4) is 11.5 Å². The molecule has 0 bridgehead atoms. The fourth-order valence-electron chi connectivity index (χ4n) is 3.53. The van der Waals surface area contributed by atoms with Crippen LogP contribution >= 0.6 is 0 Å². The van der Waals surface area contributed by atoms with Crippen molar-refractivity contribution in [2.45, 2.75) is 19.0 Å². The molecule has 2 amide bonds. The predicted molar refractivity (Wildman–Crippen MR) is 111 cm³/mol. The second kappa shape index (κ2) is 9.38. The summed E-state index contributed by atoms with van der Waals surface area (Å²) in [5.41, 5.74) is 2.15. The molecule has 9 nitrogen and oxygen atoms in total. The molecule has 0 saturated carbocycles. The molecule has 1 N–H and O–H groups in total. The number of ether oxygens (including phenoxy) is 4. The Morgan fingerprint density at radius 1 is 0.935 bits per heavy atom. The van der Waals surface area contributed by atoms with Gasteiger partial charge in [-0.15, -0.1) is 0 Å². The van der Waals surface area contributed by atoms with Gasteiger partial charge in [-0.1, -0.05) is 24.3 Å². The summed E-state index contributed by atoms with van der Waals surface area (Å²) in [6.07, 6.45) is 0.325. The third kappa shape index (κ3) is 4.40. The Kier molecular flexibility index (Phi) is 6.64. The van der Waals surface area contributed by atoms with E-state index >= 15 is 0 Å². The first-order valence-electron chi connectivity index (χ1n) is 9.50. The van der Waals surface area contributed by atoms with E-state index in [2.05, 4.69) is 5.32 Å². The summed E-state index contributed by atoms with van der Waals surface area (Å²) in [5, 5.41) is 2.70. The third-order valence-electron chi connectivity index (χ3n) is 5.15. The van der Waals surface area contributed by atoms with Crippen molar-refractivity contribution in [2.75, 3.05) is 33.8 Å². The molecule has 0 fully saturated rings. The van der Waals surface area contributed by atoms with Gasteiger partial charge in [0.05, 0.1) is 39.7 Å². The zero-order chi connectivity index (χ0) is 22.5. The first-order chi connectivity index (χ1) is 14.9. The first-order valence-corrected chi connectivity index (χ1v) is 9.50. The van der Waals surface area contributed by atoms with Crippen LogP contribution in [-0.4, -0.2) is 57.4 Å². The van der Waals surface area contributed by atoms with Crippen LogP contribution in [0.25, 0.3) is 0 Å². The van der Waals surface area contributed by atoms with Gasteiger partial charge in [0, 0.05) is 25.1 Å². The average molecular weight is 428 g/mol. The molecule has 31 heavy (non-hydrogen) atoms. The lowest BCUT2D eigenvalue weighted by Crippen LogP contribution is -2.50. The molecule has 1 atom stereocenters. The highest BCUT2D eigenvalue weighted by atomic mass is 16.5. The number of hydrogen-bond acceptors (Lipinski definition) is 7. The Morgan fingerprint density at radius 2 is 1.58 bits per heavy atom. The van der Waals surface area contributed by atoms with Crippen molar-refractivity contribution in [3.05, 3.63) is 53.1 Å². The standard InChI is InChI=1S/C22H24N2O7/c1-28-18-10-15(20(25)30-3)16(11-19(18)29-2)23-22(27)24-12-14-8-6-5-7-13(14)9-17(24)21(26)31-4/h5-8,10-11,17H,9,12H2,1-4H3,(H,23,27)/t17-/m0/s1. The molecule has 9 heteroatoms. The number of carbonyl (C=O) groups is 3. The Morgan fingerprint density at radius 3 is 2.19 bits per heavy atom. The molecular weight excluding hydrogens is 404 g/mol. The average Bonchev–Trinajstić information content (AvgIpc) is 2.81. The maximum absolute atomic E-state index is 13.2. The summed E-state index contributed by atoms with van der Waals surface area (Å²) in [6.45, 7) is 0.211. The monoisotopic (exact) mass is 428 g/mol. The van der Waals surface area contributed by atoms with Crippen molar-refractivity contribution in [1.29, 1.82) is 0 Å². The van der Waals surface area contributed by atoms with Crippen molar-refractivity contribution < 1.29 is 33.3 Å². The number of anilines is 1. The van der Waals surface area contributed by atoms with Crippen molar-refractivity contribution in [2.24, 2.45) is 0 Å². The molecule has 2 aromatic carbocycles. The van der Waals surface area contributed by atoms with Gasteiger partial charge in [-0.25, -0.2) is 14.4 Å². The maximum Gasteiger partial charge on any atom is 0.340 e. The topological polar surface area (TPSA) is 103 Å². The van der Waals surface area contributed by atoms with E-state index in [0.29, 0.717) is 17.9 Å². The number of nitrogens with zero attached hydrogens (tertiary/aromatic N) is 1. The first kappa shape index (κ1) is 21.9. The van der Waals surface area contributed by atoms with Gasteiger partial charge < -0.3 is 29.2 Å². The predicted octanol–water partition coefficient (Wildman–Crippen LogP) is 2.62. The Labute approximate surface area is 179 Å². The van der Waals surface area contributed by atoms with Crippen LogP contribution in [0, 0.1) is 0 Å². The number of fused-ring (bicyclic) bond motifs is 1. The molecule has 0 unspecified atom stereocenters. The highest BCUT2D eigenvalue weighted by molar-refractivity contribution is 6.02. The molecule has 164 valence electrons. The number of amides is 2. The van der Waals surface area contributed by atoms with Crippen LogP contribution in [0.15, 0.2) is 36.4 Å². The second-order valence-corrected chi connectivity index (χ2v) is 6.81. The molecule has 0 aromatic heterocycles. The van der Waals surface area contributed by atoms with E-state index < -0.39 is 24.0 Å². The molecule has 1 aliphatic rings. The number of hydrogen-bond donors (Lipinski definition) is 1. The highest BCUT2D eigenvalue weighted by Gasteiger charge is 2.36. The fraction of sp³-hybridized carbons (Fsp3) is 0.318. The zero-order valence-electron chi connectivity index (χ0n) is 17.8. The Hall–Kier alpha value is -3.75. The van der Waals surface area contributed by atoms with E-state index in [4.69, 9.17) is 18.9 Å². The van der Waals surface area contributed by atoms with Gasteiger partial charge in [0.15, 0.2) is 11.5 Å². The van der Waals surface area contributed by atoms with E-state index in [0.717, 1.165) is 11.1 Å². The van der Waals surface area contributed by atoms with Gasteiger partial charge in [0.1, 0.15) is 6.04 Å². The molecular formula is C22H24N2O7. The van der Waals surface area contributed by atoms with E-state index in [9.17, 15) is 14.4 Å². The van der Waals surface area contributed by atoms with Crippen molar-refractivity contribution in [1.82, 2.24) is 4.90 Å². The Balaban J connectivity index is 1.97. The number of rotatable bonds is 5. The second-order valence-electron chi connectivity index (χ2n) is 6.81.